The van der Waals surface area contributed by atoms with Crippen LogP contribution < -0.4 is 4.74 Å². The summed E-state index contributed by atoms with van der Waals surface area (Å²) >= 11 is 0. The van der Waals surface area contributed by atoms with Gasteiger partial charge in [0.15, 0.2) is 5.75 Å². The largest absolute Gasteiger partial charge is 0.508 e. The van der Waals surface area contributed by atoms with Crippen molar-refractivity contribution >= 4 is 11.9 Å². The summed E-state index contributed by atoms with van der Waals surface area (Å²) in [6.07, 6.45) is 0.745. The first kappa shape index (κ1) is 22.0. The van der Waals surface area contributed by atoms with Crippen LogP contribution in [-0.4, -0.2) is 49.8 Å². The number of phenolic OH excluding ortho intramolecular Hbond substituents is 1. The number of ether oxygens (including phenoxy) is 1. The first-order valence-electron chi connectivity index (χ1n) is 7.89. The number of carbonyl (C=O) groups is 2. The van der Waals surface area contributed by atoms with Crippen molar-refractivity contribution < 1.29 is 29.6 Å². The Balaban J connectivity index is 0.000000237. The van der Waals surface area contributed by atoms with Crippen molar-refractivity contribution in [2.24, 2.45) is 0 Å². The molecule has 3 aromatic rings. The molecule has 146 valence electrons. The van der Waals surface area contributed by atoms with E-state index in [1.807, 2.05) is 36.4 Å². The normalized spacial score (nSPS) is 9.04. The lowest BCUT2D eigenvalue weighted by Gasteiger charge is -2.04. The maximum Gasteiger partial charge on any atom is 0.314 e. The average Bonchev–Trinajstić information content (AvgIpc) is 2.69. The highest BCUT2D eigenvalue weighted by atomic mass is 16.5. The van der Waals surface area contributed by atoms with Crippen LogP contribution in [0.25, 0.3) is 11.3 Å². The Morgan fingerprint density at radius 3 is 1.86 bits per heavy atom. The summed E-state index contributed by atoms with van der Waals surface area (Å²) in [5, 5.41) is 35.2. The lowest BCUT2D eigenvalue weighted by Crippen LogP contribution is -2.03. The van der Waals surface area contributed by atoms with Gasteiger partial charge in [0, 0.05) is 5.56 Å². The topological polar surface area (TPSA) is 143 Å². The van der Waals surface area contributed by atoms with Crippen molar-refractivity contribution in [3.8, 4) is 22.8 Å². The summed E-state index contributed by atoms with van der Waals surface area (Å²) < 4.78 is 5.13. The van der Waals surface area contributed by atoms with Gasteiger partial charge in [0.05, 0.1) is 13.3 Å². The zero-order chi connectivity index (χ0) is 20.8. The molecule has 0 aliphatic heterocycles. The lowest BCUT2D eigenvalue weighted by atomic mass is 10.1. The lowest BCUT2D eigenvalue weighted by molar-refractivity contribution is -0.147. The van der Waals surface area contributed by atoms with Gasteiger partial charge in [0.2, 0.25) is 0 Å². The number of aliphatic carboxylic acids is 2. The molecule has 0 saturated heterocycles. The molecule has 1 aromatic heterocycles. The highest BCUT2D eigenvalue weighted by molar-refractivity contribution is 5.88. The second-order valence-electron chi connectivity index (χ2n) is 5.02. The van der Waals surface area contributed by atoms with Crippen LogP contribution >= 0.6 is 0 Å². The van der Waals surface area contributed by atoms with Crippen LogP contribution in [0.1, 0.15) is 6.42 Å². The molecule has 9 heteroatoms. The Kier molecular flexibility index (Phi) is 9.73. The highest BCUT2D eigenvalue weighted by Crippen LogP contribution is 2.24. The van der Waals surface area contributed by atoms with Crippen LogP contribution in [0.5, 0.6) is 11.5 Å². The molecule has 0 unspecified atom stereocenters. The smallest absolute Gasteiger partial charge is 0.314 e. The quantitative estimate of drug-likeness (QED) is 0.577. The molecular formula is C19H19N3O6. The van der Waals surface area contributed by atoms with Crippen LogP contribution in [0.2, 0.25) is 0 Å². The van der Waals surface area contributed by atoms with Crippen molar-refractivity contribution in [1.82, 2.24) is 15.4 Å². The number of rotatable bonds is 4. The molecular weight excluding hydrogens is 366 g/mol. The number of benzene rings is 2. The molecule has 0 spiro atoms. The predicted octanol–water partition coefficient (Wildman–Crippen LogP) is 2.49. The van der Waals surface area contributed by atoms with Crippen molar-refractivity contribution in [3.05, 3.63) is 66.9 Å². The standard InChI is InChI=1S/C10H9N3O.C6H6O.C3H4O4/c1-14-9-7-11-13-12-10(9)8-5-3-2-4-6-8;7-6-4-2-1-3-5-6;4-2(5)1-3(6)7/h2-7H,1H3;1-5,7H;1H2,(H,4,5)(H,6,7). The molecule has 0 atom stereocenters. The molecule has 2 aromatic carbocycles. The second-order valence-corrected chi connectivity index (χ2v) is 5.02. The highest BCUT2D eigenvalue weighted by Gasteiger charge is 2.06. The fourth-order valence-corrected chi connectivity index (χ4v) is 1.76. The molecule has 0 saturated carbocycles. The van der Waals surface area contributed by atoms with E-state index in [0.29, 0.717) is 17.2 Å². The monoisotopic (exact) mass is 385 g/mol. The van der Waals surface area contributed by atoms with E-state index < -0.39 is 18.4 Å². The van der Waals surface area contributed by atoms with Crippen molar-refractivity contribution in [3.63, 3.8) is 0 Å². The van der Waals surface area contributed by atoms with E-state index in [9.17, 15) is 9.59 Å². The average molecular weight is 385 g/mol. The Morgan fingerprint density at radius 2 is 1.46 bits per heavy atom. The molecule has 1 heterocycles. The summed E-state index contributed by atoms with van der Waals surface area (Å²) in [4.78, 5) is 18.9. The third-order valence-corrected chi connectivity index (χ3v) is 2.93. The molecule has 0 bridgehead atoms. The Hall–Kier alpha value is -4.01. The van der Waals surface area contributed by atoms with Crippen LogP contribution in [0.15, 0.2) is 66.9 Å². The van der Waals surface area contributed by atoms with Crippen LogP contribution in [-0.2, 0) is 9.59 Å². The third kappa shape index (κ3) is 8.90. The van der Waals surface area contributed by atoms with Gasteiger partial charge in [-0.2, -0.15) is 0 Å². The van der Waals surface area contributed by atoms with Gasteiger partial charge in [-0.3, -0.25) is 9.59 Å². The molecule has 9 nitrogen and oxygen atoms in total. The number of hydrogen-bond donors (Lipinski definition) is 3. The maximum atomic E-state index is 9.43. The number of carboxylic acids is 2. The minimum Gasteiger partial charge on any atom is -0.508 e. The molecule has 0 radical (unpaired) electrons. The predicted molar refractivity (Wildman–Crippen MR) is 99.8 cm³/mol. The molecule has 0 fully saturated rings. The minimum absolute atomic E-state index is 0.322. The van der Waals surface area contributed by atoms with Gasteiger partial charge in [-0.05, 0) is 17.3 Å². The van der Waals surface area contributed by atoms with Gasteiger partial charge in [-0.25, -0.2) is 0 Å². The molecule has 28 heavy (non-hydrogen) atoms. The summed E-state index contributed by atoms with van der Waals surface area (Å²) in [7, 11) is 1.59. The molecule has 0 aliphatic carbocycles. The molecule has 0 aliphatic rings. The number of nitrogens with zero attached hydrogens (tertiary/aromatic N) is 3. The van der Waals surface area contributed by atoms with Crippen molar-refractivity contribution in [1.29, 1.82) is 0 Å². The summed E-state index contributed by atoms with van der Waals surface area (Å²) in [6.45, 7) is 0. The van der Waals surface area contributed by atoms with E-state index in [0.717, 1.165) is 5.56 Å². The van der Waals surface area contributed by atoms with Crippen LogP contribution in [0.4, 0.5) is 0 Å². The maximum absolute atomic E-state index is 9.43. The number of para-hydroxylation sites is 1. The minimum atomic E-state index is -1.31. The van der Waals surface area contributed by atoms with Crippen molar-refractivity contribution in [2.45, 2.75) is 6.42 Å². The van der Waals surface area contributed by atoms with Gasteiger partial charge in [-0.15, -0.1) is 10.2 Å². The van der Waals surface area contributed by atoms with Crippen LogP contribution in [0.3, 0.4) is 0 Å². The Labute approximate surface area is 160 Å². The van der Waals surface area contributed by atoms with Gasteiger partial charge < -0.3 is 20.1 Å². The summed E-state index contributed by atoms with van der Waals surface area (Å²) in [5.74, 6) is -1.67. The van der Waals surface area contributed by atoms with E-state index in [-0.39, 0.29) is 0 Å². The van der Waals surface area contributed by atoms with Gasteiger partial charge in [0.1, 0.15) is 17.9 Å². The number of hydrogen-bond acceptors (Lipinski definition) is 7. The van der Waals surface area contributed by atoms with Gasteiger partial charge >= 0.3 is 11.9 Å². The zero-order valence-electron chi connectivity index (χ0n) is 15.0. The van der Waals surface area contributed by atoms with Crippen molar-refractivity contribution in [2.75, 3.05) is 7.11 Å². The first-order chi connectivity index (χ1) is 13.4. The molecule has 0 amide bonds. The molecule has 3 rings (SSSR count). The van der Waals surface area contributed by atoms with Gasteiger partial charge in [0.25, 0.3) is 0 Å². The molecule has 3 N–H and O–H groups in total. The summed E-state index contributed by atoms with van der Waals surface area (Å²) in [6, 6.07) is 18.4. The Bertz CT molecular complexity index is 848. The SMILES string of the molecule is COc1cnnnc1-c1ccccc1.O=C(O)CC(=O)O.Oc1ccccc1. The first-order valence-corrected chi connectivity index (χ1v) is 7.89. The Morgan fingerprint density at radius 1 is 0.929 bits per heavy atom. The number of phenols is 1. The number of methoxy groups -OCH3 is 1. The van der Waals surface area contributed by atoms with E-state index in [2.05, 4.69) is 15.4 Å². The number of aromatic nitrogens is 3. The van der Waals surface area contributed by atoms with E-state index in [4.69, 9.17) is 20.1 Å². The second kappa shape index (κ2) is 12.4. The van der Waals surface area contributed by atoms with E-state index in [1.165, 1.54) is 0 Å². The van der Waals surface area contributed by atoms with E-state index in [1.54, 1.807) is 37.6 Å². The number of carboxylic acid groups (broad SMARTS) is 2. The fraction of sp³-hybridized carbons (Fsp3) is 0.105. The summed E-state index contributed by atoms with van der Waals surface area (Å²) in [5.41, 5.74) is 1.68. The fourth-order valence-electron chi connectivity index (χ4n) is 1.76. The van der Waals surface area contributed by atoms with E-state index >= 15 is 0 Å². The number of aromatic hydroxyl groups is 1. The zero-order valence-corrected chi connectivity index (χ0v) is 15.0. The third-order valence-electron chi connectivity index (χ3n) is 2.93. The van der Waals surface area contributed by atoms with Gasteiger partial charge in [-0.1, -0.05) is 48.5 Å². The van der Waals surface area contributed by atoms with Crippen LogP contribution in [0, 0.1) is 0 Å².